The summed E-state index contributed by atoms with van der Waals surface area (Å²) in [7, 11) is -2.37. The standard InChI is InChI=1S/C37H54N4O5Si/c1-37(2,3)47(4,5)46-33(35-39-29-18-12-13-19-32(29)45-35)30(21-20-27-14-8-6-9-15-27)38-34(42)31(26-28-16-10-7-11-17-28)40-36(43)41-22-24-44-25-23-41/h6,8-9,12-15,18-19,28,30-31,33H,7,10-11,16-17,20-26H2,1-5H3,(H,38,42)(H,40,43). The number of ether oxygens (including phenoxy) is 1. The number of benzene rings is 2. The predicted molar refractivity (Wildman–Crippen MR) is 188 cm³/mol. The summed E-state index contributed by atoms with van der Waals surface area (Å²) in [4.78, 5) is 34.6. The van der Waals surface area contributed by atoms with E-state index in [-0.39, 0.29) is 17.0 Å². The quantitative estimate of drug-likeness (QED) is 0.196. The van der Waals surface area contributed by atoms with E-state index in [0.717, 1.165) is 37.6 Å². The highest BCUT2D eigenvalue weighted by Crippen LogP contribution is 2.41. The van der Waals surface area contributed by atoms with Crippen LogP contribution < -0.4 is 10.6 Å². The average Bonchev–Trinajstić information content (AvgIpc) is 3.50. The Hall–Kier alpha value is -3.21. The van der Waals surface area contributed by atoms with Crippen molar-refractivity contribution >= 4 is 31.4 Å². The Morgan fingerprint density at radius 3 is 2.34 bits per heavy atom. The maximum absolute atomic E-state index is 14.5. The van der Waals surface area contributed by atoms with Crippen LogP contribution in [-0.4, -0.2) is 68.5 Å². The summed E-state index contributed by atoms with van der Waals surface area (Å²) in [5.74, 6) is 0.675. The Morgan fingerprint density at radius 2 is 1.66 bits per heavy atom. The summed E-state index contributed by atoms with van der Waals surface area (Å²) in [5.41, 5.74) is 2.62. The maximum Gasteiger partial charge on any atom is 0.318 e. The third-order valence-corrected chi connectivity index (χ3v) is 14.7. The molecule has 5 rings (SSSR count). The van der Waals surface area contributed by atoms with Gasteiger partial charge < -0.3 is 29.1 Å². The van der Waals surface area contributed by atoms with Gasteiger partial charge in [-0.25, -0.2) is 9.78 Å². The molecule has 1 saturated heterocycles. The Balaban J connectivity index is 1.47. The molecule has 2 fully saturated rings. The van der Waals surface area contributed by atoms with Crippen LogP contribution in [0.2, 0.25) is 18.1 Å². The molecule has 1 aliphatic carbocycles. The van der Waals surface area contributed by atoms with Gasteiger partial charge in [-0.05, 0) is 61.0 Å². The minimum Gasteiger partial charge on any atom is -0.438 e. The number of para-hydroxylation sites is 2. The van der Waals surface area contributed by atoms with E-state index in [2.05, 4.69) is 56.6 Å². The number of morpholine rings is 1. The molecule has 0 radical (unpaired) electrons. The number of oxazole rings is 1. The molecule has 3 amide bonds. The number of nitrogens with zero attached hydrogens (tertiary/aromatic N) is 2. The van der Waals surface area contributed by atoms with E-state index in [1.807, 2.05) is 42.5 Å². The Morgan fingerprint density at radius 1 is 0.979 bits per heavy atom. The van der Waals surface area contributed by atoms with Gasteiger partial charge in [0.2, 0.25) is 11.8 Å². The summed E-state index contributed by atoms with van der Waals surface area (Å²) < 4.78 is 19.0. The van der Waals surface area contributed by atoms with E-state index in [9.17, 15) is 9.59 Å². The molecule has 47 heavy (non-hydrogen) atoms. The Labute approximate surface area is 281 Å². The first-order chi connectivity index (χ1) is 22.5. The van der Waals surface area contributed by atoms with Crippen LogP contribution in [0.5, 0.6) is 0 Å². The molecule has 3 atom stereocenters. The van der Waals surface area contributed by atoms with Crippen molar-refractivity contribution in [1.29, 1.82) is 0 Å². The summed E-state index contributed by atoms with van der Waals surface area (Å²) in [6.07, 6.45) is 7.06. The highest BCUT2D eigenvalue weighted by Gasteiger charge is 2.43. The van der Waals surface area contributed by atoms with Gasteiger partial charge in [-0.1, -0.05) is 95.3 Å². The molecule has 1 saturated carbocycles. The van der Waals surface area contributed by atoms with Gasteiger partial charge in [-0.3, -0.25) is 4.79 Å². The van der Waals surface area contributed by atoms with E-state index in [1.165, 1.54) is 12.0 Å². The van der Waals surface area contributed by atoms with E-state index in [4.69, 9.17) is 18.6 Å². The number of carbonyl (C=O) groups excluding carboxylic acids is 2. The Bertz CT molecular complexity index is 1410. The normalized spacial score (nSPS) is 18.4. The van der Waals surface area contributed by atoms with Gasteiger partial charge >= 0.3 is 6.03 Å². The van der Waals surface area contributed by atoms with Crippen molar-refractivity contribution in [3.8, 4) is 0 Å². The van der Waals surface area contributed by atoms with E-state index in [1.54, 1.807) is 4.90 Å². The largest absolute Gasteiger partial charge is 0.438 e. The minimum atomic E-state index is -2.37. The molecule has 3 unspecified atom stereocenters. The van der Waals surface area contributed by atoms with Crippen molar-refractivity contribution in [2.45, 2.75) is 108 Å². The summed E-state index contributed by atoms with van der Waals surface area (Å²) in [5, 5.41) is 6.45. The minimum absolute atomic E-state index is 0.0824. The monoisotopic (exact) mass is 662 g/mol. The average molecular weight is 663 g/mol. The van der Waals surface area contributed by atoms with Gasteiger partial charge in [0, 0.05) is 13.1 Å². The molecule has 10 heteroatoms. The first-order valence-electron chi connectivity index (χ1n) is 17.5. The molecule has 3 aromatic rings. The van der Waals surface area contributed by atoms with Crippen molar-refractivity contribution in [1.82, 2.24) is 20.5 Å². The fourth-order valence-electron chi connectivity index (χ4n) is 6.35. The first kappa shape index (κ1) is 35.1. The number of nitrogens with one attached hydrogen (secondary N) is 2. The van der Waals surface area contributed by atoms with Gasteiger partial charge in [0.15, 0.2) is 13.9 Å². The number of hydrogen-bond donors (Lipinski definition) is 2. The second-order valence-electron chi connectivity index (χ2n) is 14.8. The number of aryl methyl sites for hydroxylation is 1. The van der Waals surface area contributed by atoms with Gasteiger partial charge in [-0.2, -0.15) is 0 Å². The molecule has 2 aliphatic rings. The maximum atomic E-state index is 14.5. The fraction of sp³-hybridized carbons (Fsp3) is 0.595. The second-order valence-corrected chi connectivity index (χ2v) is 19.6. The second kappa shape index (κ2) is 15.8. The van der Waals surface area contributed by atoms with E-state index >= 15 is 0 Å². The molecule has 2 heterocycles. The van der Waals surface area contributed by atoms with Gasteiger partial charge in [-0.15, -0.1) is 0 Å². The van der Waals surface area contributed by atoms with Gasteiger partial charge in [0.05, 0.1) is 19.3 Å². The van der Waals surface area contributed by atoms with Crippen LogP contribution >= 0.6 is 0 Å². The van der Waals surface area contributed by atoms with Crippen LogP contribution in [0, 0.1) is 5.92 Å². The highest BCUT2D eigenvalue weighted by atomic mass is 28.4. The lowest BCUT2D eigenvalue weighted by atomic mass is 9.84. The number of amides is 3. The molecule has 0 spiro atoms. The van der Waals surface area contributed by atoms with Crippen molar-refractivity contribution in [2.75, 3.05) is 26.3 Å². The summed E-state index contributed by atoms with van der Waals surface area (Å²) >= 11 is 0. The lowest BCUT2D eigenvalue weighted by Gasteiger charge is -2.41. The number of aromatic nitrogens is 1. The van der Waals surface area contributed by atoms with Crippen LogP contribution in [0.1, 0.15) is 83.3 Å². The number of urea groups is 1. The number of carbonyl (C=O) groups is 2. The zero-order valence-corrected chi connectivity index (χ0v) is 29.9. The molecule has 0 bridgehead atoms. The number of hydrogen-bond acceptors (Lipinski definition) is 6. The Kier molecular flexibility index (Phi) is 11.8. The van der Waals surface area contributed by atoms with Gasteiger partial charge in [0.1, 0.15) is 17.7 Å². The van der Waals surface area contributed by atoms with E-state index in [0.29, 0.717) is 56.5 Å². The molecule has 2 N–H and O–H groups in total. The summed E-state index contributed by atoms with van der Waals surface area (Å²) in [6, 6.07) is 16.7. The van der Waals surface area contributed by atoms with E-state index < -0.39 is 26.5 Å². The molecule has 1 aromatic heterocycles. The molecule has 1 aliphatic heterocycles. The van der Waals surface area contributed by atoms with Crippen molar-refractivity contribution in [2.24, 2.45) is 5.92 Å². The van der Waals surface area contributed by atoms with Crippen LogP contribution in [0.25, 0.3) is 11.1 Å². The number of fused-ring (bicyclic) bond motifs is 1. The molecule has 256 valence electrons. The summed E-state index contributed by atoms with van der Waals surface area (Å²) in [6.45, 7) is 13.1. The topological polar surface area (TPSA) is 106 Å². The third-order valence-electron chi connectivity index (χ3n) is 10.3. The fourth-order valence-corrected chi connectivity index (χ4v) is 7.61. The van der Waals surface area contributed by atoms with Crippen LogP contribution in [0.15, 0.2) is 59.0 Å². The SMILES string of the molecule is CC(C)(C)[Si](C)(C)OC(c1nc2ccccc2o1)C(CCc1ccccc1)NC(=O)C(CC1CCCCC1)NC(=O)N1CCOCC1. The van der Waals surface area contributed by atoms with Crippen molar-refractivity contribution < 1.29 is 23.2 Å². The van der Waals surface area contributed by atoms with Crippen molar-refractivity contribution in [3.05, 3.63) is 66.1 Å². The zero-order valence-electron chi connectivity index (χ0n) is 28.9. The van der Waals surface area contributed by atoms with Gasteiger partial charge in [0.25, 0.3) is 0 Å². The third kappa shape index (κ3) is 9.45. The van der Waals surface area contributed by atoms with Crippen LogP contribution in [-0.2, 0) is 20.4 Å². The predicted octanol–water partition coefficient (Wildman–Crippen LogP) is 7.39. The highest BCUT2D eigenvalue weighted by molar-refractivity contribution is 6.74. The first-order valence-corrected chi connectivity index (χ1v) is 20.4. The molecule has 9 nitrogen and oxygen atoms in total. The smallest absolute Gasteiger partial charge is 0.318 e. The van der Waals surface area contributed by atoms with Crippen LogP contribution in [0.3, 0.4) is 0 Å². The zero-order chi connectivity index (χ0) is 33.4. The molecule has 2 aromatic carbocycles. The lowest BCUT2D eigenvalue weighted by molar-refractivity contribution is -0.125. The molecular weight excluding hydrogens is 609 g/mol. The van der Waals surface area contributed by atoms with Crippen LogP contribution in [0.4, 0.5) is 4.79 Å². The van der Waals surface area contributed by atoms with Crippen molar-refractivity contribution in [3.63, 3.8) is 0 Å². The lowest BCUT2D eigenvalue weighted by Crippen LogP contribution is -2.56. The molecular formula is C37H54N4O5Si. The number of rotatable bonds is 12.